The van der Waals surface area contributed by atoms with Gasteiger partial charge in [-0.05, 0) is 50.2 Å². The van der Waals surface area contributed by atoms with Crippen molar-refractivity contribution in [1.29, 1.82) is 0 Å². The van der Waals surface area contributed by atoms with Gasteiger partial charge in [0.15, 0.2) is 0 Å². The maximum absolute atomic E-state index is 12.6. The first kappa shape index (κ1) is 22.0. The van der Waals surface area contributed by atoms with Gasteiger partial charge in [0, 0.05) is 28.4 Å². The number of carbonyl (C=O) groups is 1. The second-order valence-corrected chi connectivity index (χ2v) is 8.89. The first-order chi connectivity index (χ1) is 15.7. The van der Waals surface area contributed by atoms with Crippen LogP contribution in [0.25, 0.3) is 11.3 Å². The highest BCUT2D eigenvalue weighted by molar-refractivity contribution is 7.92. The molecule has 0 bridgehead atoms. The van der Waals surface area contributed by atoms with E-state index < -0.39 is 15.9 Å². The van der Waals surface area contributed by atoms with E-state index in [0.717, 1.165) is 5.56 Å². The lowest BCUT2D eigenvalue weighted by Gasteiger charge is -2.09. The molecular formula is C22H20N6O4S. The summed E-state index contributed by atoms with van der Waals surface area (Å²) in [6, 6.07) is 14.7. The maximum atomic E-state index is 12.6. The fourth-order valence-corrected chi connectivity index (χ4v) is 3.99. The minimum atomic E-state index is -3.83. The molecule has 10 nitrogen and oxygen atoms in total. The van der Waals surface area contributed by atoms with Crippen molar-refractivity contribution in [2.45, 2.75) is 18.7 Å². The third-order valence-electron chi connectivity index (χ3n) is 4.95. The van der Waals surface area contributed by atoms with Crippen LogP contribution in [0.3, 0.4) is 0 Å². The molecule has 0 saturated heterocycles. The molecule has 0 aliphatic rings. The van der Waals surface area contributed by atoms with Gasteiger partial charge in [-0.25, -0.2) is 23.1 Å². The number of nitrogens with two attached hydrogens (primary N) is 1. The standard InChI is InChI=1S/C22H20N6O4S/c1-13-14(2)27-32-22(13)28-33(30,31)18-9-7-17(8-10-18)26-20-11-19(24-12-25-20)15-3-5-16(6-4-15)21(23)29/h3-12,28H,1-2H3,(H2,23,29)(H,24,25,26). The lowest BCUT2D eigenvalue weighted by atomic mass is 10.1. The van der Waals surface area contributed by atoms with Crippen molar-refractivity contribution in [2.24, 2.45) is 5.73 Å². The molecule has 4 rings (SSSR count). The number of carbonyl (C=O) groups excluding carboxylic acids is 1. The van der Waals surface area contributed by atoms with Crippen LogP contribution in [0.5, 0.6) is 0 Å². The Morgan fingerprint density at radius 2 is 1.70 bits per heavy atom. The predicted molar refractivity (Wildman–Crippen MR) is 122 cm³/mol. The van der Waals surface area contributed by atoms with Crippen LogP contribution in [-0.4, -0.2) is 29.4 Å². The second kappa shape index (κ2) is 8.71. The number of benzene rings is 2. The van der Waals surface area contributed by atoms with E-state index in [0.29, 0.717) is 34.0 Å². The fourth-order valence-electron chi connectivity index (χ4n) is 2.95. The molecule has 2 heterocycles. The molecule has 168 valence electrons. The highest BCUT2D eigenvalue weighted by atomic mass is 32.2. The van der Waals surface area contributed by atoms with Gasteiger partial charge in [0.25, 0.3) is 10.0 Å². The van der Waals surface area contributed by atoms with E-state index in [-0.39, 0.29) is 10.8 Å². The van der Waals surface area contributed by atoms with Crippen LogP contribution in [0.4, 0.5) is 17.4 Å². The third kappa shape index (κ3) is 4.83. The summed E-state index contributed by atoms with van der Waals surface area (Å²) < 4.78 is 32.7. The number of nitrogens with zero attached hydrogens (tertiary/aromatic N) is 3. The summed E-state index contributed by atoms with van der Waals surface area (Å²) >= 11 is 0. The molecular weight excluding hydrogens is 444 g/mol. The fraction of sp³-hybridized carbons (Fsp3) is 0.0909. The summed E-state index contributed by atoms with van der Waals surface area (Å²) in [6.45, 7) is 3.45. The van der Waals surface area contributed by atoms with Crippen molar-refractivity contribution < 1.29 is 17.7 Å². The SMILES string of the molecule is Cc1noc(NS(=O)(=O)c2ccc(Nc3cc(-c4ccc(C(N)=O)cc4)ncn3)cc2)c1C. The molecule has 1 amide bonds. The van der Waals surface area contributed by atoms with Crippen LogP contribution in [-0.2, 0) is 10.0 Å². The highest BCUT2D eigenvalue weighted by Gasteiger charge is 2.19. The minimum Gasteiger partial charge on any atom is -0.366 e. The summed E-state index contributed by atoms with van der Waals surface area (Å²) in [5.74, 6) is 0.103. The third-order valence-corrected chi connectivity index (χ3v) is 6.30. The molecule has 4 N–H and O–H groups in total. The number of anilines is 3. The summed E-state index contributed by atoms with van der Waals surface area (Å²) in [6.07, 6.45) is 1.41. The predicted octanol–water partition coefficient (Wildman–Crippen LogP) is 3.39. The number of aryl methyl sites for hydroxylation is 1. The van der Waals surface area contributed by atoms with E-state index in [1.807, 2.05) is 0 Å². The Morgan fingerprint density at radius 3 is 2.30 bits per heavy atom. The summed E-state index contributed by atoms with van der Waals surface area (Å²) in [7, 11) is -3.83. The molecule has 0 atom stereocenters. The van der Waals surface area contributed by atoms with Crippen molar-refractivity contribution >= 4 is 33.3 Å². The molecule has 11 heteroatoms. The monoisotopic (exact) mass is 464 g/mol. The van der Waals surface area contributed by atoms with Crippen LogP contribution < -0.4 is 15.8 Å². The average Bonchev–Trinajstić information content (AvgIpc) is 3.11. The van der Waals surface area contributed by atoms with E-state index in [4.69, 9.17) is 10.3 Å². The van der Waals surface area contributed by atoms with E-state index in [2.05, 4.69) is 25.2 Å². The summed E-state index contributed by atoms with van der Waals surface area (Å²) in [4.78, 5) is 19.8. The van der Waals surface area contributed by atoms with Gasteiger partial charge in [0.05, 0.1) is 16.3 Å². The average molecular weight is 465 g/mol. The van der Waals surface area contributed by atoms with Gasteiger partial charge in [-0.15, -0.1) is 0 Å². The molecule has 33 heavy (non-hydrogen) atoms. The highest BCUT2D eigenvalue weighted by Crippen LogP contribution is 2.24. The lowest BCUT2D eigenvalue weighted by Crippen LogP contribution is -2.13. The van der Waals surface area contributed by atoms with Gasteiger partial charge in [-0.2, -0.15) is 0 Å². The Kier molecular flexibility index (Phi) is 5.80. The van der Waals surface area contributed by atoms with Crippen LogP contribution in [0, 0.1) is 13.8 Å². The van der Waals surface area contributed by atoms with E-state index >= 15 is 0 Å². The Balaban J connectivity index is 1.49. The zero-order chi connectivity index (χ0) is 23.6. The van der Waals surface area contributed by atoms with Crippen LogP contribution in [0.1, 0.15) is 21.6 Å². The quantitative estimate of drug-likeness (QED) is 0.376. The number of hydrogen-bond acceptors (Lipinski definition) is 8. The van der Waals surface area contributed by atoms with E-state index in [1.54, 1.807) is 56.3 Å². The molecule has 0 aliphatic carbocycles. The minimum absolute atomic E-state index is 0.0689. The zero-order valence-corrected chi connectivity index (χ0v) is 18.6. The van der Waals surface area contributed by atoms with Crippen LogP contribution in [0.15, 0.2) is 70.3 Å². The maximum Gasteiger partial charge on any atom is 0.264 e. The summed E-state index contributed by atoms with van der Waals surface area (Å²) in [5, 5.41) is 6.87. The molecule has 2 aromatic heterocycles. The zero-order valence-electron chi connectivity index (χ0n) is 17.7. The van der Waals surface area contributed by atoms with Crippen molar-refractivity contribution in [3.8, 4) is 11.3 Å². The Labute approximate surface area is 189 Å². The molecule has 0 spiro atoms. The van der Waals surface area contributed by atoms with Crippen molar-refractivity contribution in [3.63, 3.8) is 0 Å². The molecule has 0 fully saturated rings. The number of aromatic nitrogens is 3. The van der Waals surface area contributed by atoms with Gasteiger partial charge in [0.1, 0.15) is 12.1 Å². The van der Waals surface area contributed by atoms with Gasteiger partial charge in [-0.1, -0.05) is 17.3 Å². The second-order valence-electron chi connectivity index (χ2n) is 7.21. The first-order valence-corrected chi connectivity index (χ1v) is 11.3. The number of primary amides is 1. The molecule has 0 unspecified atom stereocenters. The first-order valence-electron chi connectivity index (χ1n) is 9.78. The number of sulfonamides is 1. The van der Waals surface area contributed by atoms with Gasteiger partial charge < -0.3 is 15.6 Å². The van der Waals surface area contributed by atoms with Gasteiger partial charge >= 0.3 is 0 Å². The molecule has 2 aromatic carbocycles. The molecule has 4 aromatic rings. The molecule has 0 radical (unpaired) electrons. The lowest BCUT2D eigenvalue weighted by molar-refractivity contribution is 0.100. The van der Waals surface area contributed by atoms with Crippen LogP contribution in [0.2, 0.25) is 0 Å². The van der Waals surface area contributed by atoms with Crippen LogP contribution >= 0.6 is 0 Å². The molecule has 0 saturated carbocycles. The Bertz CT molecular complexity index is 1410. The van der Waals surface area contributed by atoms with Crippen molar-refractivity contribution in [2.75, 3.05) is 10.0 Å². The number of amides is 1. The van der Waals surface area contributed by atoms with Gasteiger partial charge in [-0.3, -0.25) is 4.79 Å². The Morgan fingerprint density at radius 1 is 1.00 bits per heavy atom. The van der Waals surface area contributed by atoms with Gasteiger partial charge in [0.2, 0.25) is 11.8 Å². The Hall–Kier alpha value is -4.25. The van der Waals surface area contributed by atoms with E-state index in [9.17, 15) is 13.2 Å². The van der Waals surface area contributed by atoms with Crippen molar-refractivity contribution in [1.82, 2.24) is 15.1 Å². The number of rotatable bonds is 7. The largest absolute Gasteiger partial charge is 0.366 e. The molecule has 0 aliphatic heterocycles. The smallest absolute Gasteiger partial charge is 0.264 e. The topological polar surface area (TPSA) is 153 Å². The number of nitrogens with one attached hydrogen (secondary N) is 2. The number of hydrogen-bond donors (Lipinski definition) is 3. The normalized spacial score (nSPS) is 11.2. The van der Waals surface area contributed by atoms with E-state index in [1.165, 1.54) is 18.5 Å². The van der Waals surface area contributed by atoms with Crippen molar-refractivity contribution in [3.05, 3.63) is 77.7 Å². The summed E-state index contributed by atoms with van der Waals surface area (Å²) in [5.41, 5.74) is 8.98.